The van der Waals surface area contributed by atoms with Crippen LogP contribution in [0.1, 0.15) is 52.0 Å². The van der Waals surface area contributed by atoms with E-state index in [1.807, 2.05) is 19.2 Å². The minimum absolute atomic E-state index is 0.0751. The minimum atomic E-state index is -0.786. The minimum Gasteiger partial charge on any atom is -0.354 e. The summed E-state index contributed by atoms with van der Waals surface area (Å²) in [5.41, 5.74) is 6.41. The zero-order valence-electron chi connectivity index (χ0n) is 13.0. The molecule has 1 amide bonds. The van der Waals surface area contributed by atoms with Crippen LogP contribution < -0.4 is 11.1 Å². The molecule has 4 nitrogen and oxygen atoms in total. The summed E-state index contributed by atoms with van der Waals surface area (Å²) in [6.07, 6.45) is 5.22. The first-order valence-electron chi connectivity index (χ1n) is 7.35. The van der Waals surface area contributed by atoms with E-state index in [-0.39, 0.29) is 11.8 Å². The number of hydrogen-bond donors (Lipinski definition) is 2. The van der Waals surface area contributed by atoms with Crippen LogP contribution in [0, 0.1) is 5.92 Å². The molecule has 0 aliphatic carbocycles. The van der Waals surface area contributed by atoms with E-state index >= 15 is 0 Å². The number of pyridine rings is 1. The Morgan fingerprint density at radius 3 is 2.70 bits per heavy atom. The Morgan fingerprint density at radius 1 is 1.50 bits per heavy atom. The first kappa shape index (κ1) is 16.6. The number of nitrogens with one attached hydrogen (secondary N) is 1. The summed E-state index contributed by atoms with van der Waals surface area (Å²) in [5, 5.41) is 3.00. The molecular formula is C16H27N3O. The van der Waals surface area contributed by atoms with Crippen LogP contribution in [0.5, 0.6) is 0 Å². The molecular weight excluding hydrogens is 250 g/mol. The Hall–Kier alpha value is -1.42. The second kappa shape index (κ2) is 7.39. The maximum Gasteiger partial charge on any atom is 0.239 e. The Labute approximate surface area is 122 Å². The maximum absolute atomic E-state index is 12.2. The lowest BCUT2D eigenvalue weighted by Gasteiger charge is -2.26. The molecule has 1 aromatic rings. The molecule has 1 heterocycles. The number of nitrogens with two attached hydrogens (primary N) is 1. The van der Waals surface area contributed by atoms with Gasteiger partial charge in [-0.1, -0.05) is 33.3 Å². The van der Waals surface area contributed by atoms with Crippen LogP contribution in [0.25, 0.3) is 0 Å². The highest BCUT2D eigenvalue weighted by Crippen LogP contribution is 2.23. The molecule has 0 spiro atoms. The molecule has 0 bridgehead atoms. The molecule has 0 aromatic carbocycles. The molecule has 112 valence electrons. The number of aromatic nitrogens is 1. The summed E-state index contributed by atoms with van der Waals surface area (Å²) < 4.78 is 0. The lowest BCUT2D eigenvalue weighted by atomic mass is 9.88. The quantitative estimate of drug-likeness (QED) is 0.804. The van der Waals surface area contributed by atoms with Crippen molar-refractivity contribution in [3.8, 4) is 0 Å². The van der Waals surface area contributed by atoms with Gasteiger partial charge in [0.2, 0.25) is 5.91 Å². The molecule has 2 unspecified atom stereocenters. The van der Waals surface area contributed by atoms with E-state index in [0.29, 0.717) is 18.9 Å². The monoisotopic (exact) mass is 277 g/mol. The summed E-state index contributed by atoms with van der Waals surface area (Å²) in [6, 6.07) is 3.98. The number of carbonyl (C=O) groups excluding carboxylic acids is 1. The van der Waals surface area contributed by atoms with Crippen molar-refractivity contribution in [3.05, 3.63) is 30.1 Å². The van der Waals surface area contributed by atoms with Crippen LogP contribution in [0.15, 0.2) is 24.5 Å². The zero-order chi connectivity index (χ0) is 15.2. The Morgan fingerprint density at radius 2 is 2.20 bits per heavy atom. The highest BCUT2D eigenvalue weighted by Gasteiger charge is 2.28. The van der Waals surface area contributed by atoms with E-state index in [9.17, 15) is 4.79 Å². The molecule has 2 atom stereocenters. The first-order valence-corrected chi connectivity index (χ1v) is 7.35. The van der Waals surface area contributed by atoms with Gasteiger partial charge in [-0.25, -0.2) is 0 Å². The summed E-state index contributed by atoms with van der Waals surface area (Å²) in [5.74, 6) is 0.605. The number of amides is 1. The molecule has 0 fully saturated rings. The smallest absolute Gasteiger partial charge is 0.239 e. The molecule has 1 rings (SSSR count). The lowest BCUT2D eigenvalue weighted by Crippen LogP contribution is -2.52. The largest absolute Gasteiger partial charge is 0.354 e. The molecule has 20 heavy (non-hydrogen) atoms. The van der Waals surface area contributed by atoms with Crippen LogP contribution in [-0.2, 0) is 4.79 Å². The van der Waals surface area contributed by atoms with Gasteiger partial charge in [-0.2, -0.15) is 0 Å². The standard InChI is InChI=1S/C16H27N3O/c1-5-8-16(4,17)15(20)19-11-14(12(2)3)13-7-6-9-18-10-13/h6-7,9-10,12,14H,5,8,11,17H2,1-4H3,(H,19,20). The van der Waals surface area contributed by atoms with Gasteiger partial charge in [0, 0.05) is 24.9 Å². The van der Waals surface area contributed by atoms with E-state index in [1.54, 1.807) is 13.1 Å². The van der Waals surface area contributed by atoms with Crippen molar-refractivity contribution in [3.63, 3.8) is 0 Å². The lowest BCUT2D eigenvalue weighted by molar-refractivity contribution is -0.126. The van der Waals surface area contributed by atoms with Gasteiger partial charge in [-0.05, 0) is 30.9 Å². The summed E-state index contributed by atoms with van der Waals surface area (Å²) in [7, 11) is 0. The van der Waals surface area contributed by atoms with E-state index < -0.39 is 5.54 Å². The summed E-state index contributed by atoms with van der Waals surface area (Å²) in [4.78, 5) is 16.3. The van der Waals surface area contributed by atoms with Crippen molar-refractivity contribution in [2.24, 2.45) is 11.7 Å². The van der Waals surface area contributed by atoms with Gasteiger partial charge in [0.05, 0.1) is 5.54 Å². The SMILES string of the molecule is CCCC(C)(N)C(=O)NCC(c1cccnc1)C(C)C. The van der Waals surface area contributed by atoms with Crippen LogP contribution >= 0.6 is 0 Å². The molecule has 0 saturated carbocycles. The highest BCUT2D eigenvalue weighted by atomic mass is 16.2. The summed E-state index contributed by atoms with van der Waals surface area (Å²) >= 11 is 0. The van der Waals surface area contributed by atoms with Crippen molar-refractivity contribution in [2.75, 3.05) is 6.54 Å². The van der Waals surface area contributed by atoms with Gasteiger partial charge in [-0.3, -0.25) is 9.78 Å². The van der Waals surface area contributed by atoms with Gasteiger partial charge in [0.25, 0.3) is 0 Å². The molecule has 0 saturated heterocycles. The van der Waals surface area contributed by atoms with Crippen molar-refractivity contribution >= 4 is 5.91 Å². The third-order valence-electron chi connectivity index (χ3n) is 3.69. The van der Waals surface area contributed by atoms with Crippen molar-refractivity contribution in [1.29, 1.82) is 0 Å². The average Bonchev–Trinajstić information content (AvgIpc) is 2.39. The van der Waals surface area contributed by atoms with Gasteiger partial charge >= 0.3 is 0 Å². The number of carbonyl (C=O) groups is 1. The predicted octanol–water partition coefficient (Wildman–Crippen LogP) is 2.45. The second-order valence-corrected chi connectivity index (χ2v) is 6.01. The Balaban J connectivity index is 2.67. The molecule has 3 N–H and O–H groups in total. The van der Waals surface area contributed by atoms with E-state index in [0.717, 1.165) is 12.0 Å². The fourth-order valence-corrected chi connectivity index (χ4v) is 2.37. The van der Waals surface area contributed by atoms with Gasteiger partial charge in [-0.15, -0.1) is 0 Å². The third kappa shape index (κ3) is 4.60. The normalized spacial score (nSPS) is 15.7. The number of hydrogen-bond acceptors (Lipinski definition) is 3. The van der Waals surface area contributed by atoms with E-state index in [2.05, 4.69) is 30.2 Å². The molecule has 4 heteroatoms. The Kier molecular flexibility index (Phi) is 6.14. The van der Waals surface area contributed by atoms with Gasteiger partial charge in [0.1, 0.15) is 0 Å². The average molecular weight is 277 g/mol. The third-order valence-corrected chi connectivity index (χ3v) is 3.69. The molecule has 0 aliphatic rings. The van der Waals surface area contributed by atoms with Gasteiger partial charge < -0.3 is 11.1 Å². The summed E-state index contributed by atoms with van der Waals surface area (Å²) in [6.45, 7) is 8.72. The van der Waals surface area contributed by atoms with Crippen molar-refractivity contribution < 1.29 is 4.79 Å². The van der Waals surface area contributed by atoms with Crippen LogP contribution in [0.2, 0.25) is 0 Å². The number of rotatable bonds is 7. The molecule has 0 radical (unpaired) electrons. The van der Waals surface area contributed by atoms with E-state index in [4.69, 9.17) is 5.73 Å². The number of nitrogens with zero attached hydrogens (tertiary/aromatic N) is 1. The zero-order valence-corrected chi connectivity index (χ0v) is 13.0. The first-order chi connectivity index (χ1) is 9.38. The fraction of sp³-hybridized carbons (Fsp3) is 0.625. The predicted molar refractivity (Wildman–Crippen MR) is 82.3 cm³/mol. The maximum atomic E-state index is 12.2. The Bertz CT molecular complexity index is 415. The van der Waals surface area contributed by atoms with Crippen LogP contribution in [-0.4, -0.2) is 23.0 Å². The topological polar surface area (TPSA) is 68.0 Å². The highest BCUT2D eigenvalue weighted by molar-refractivity contribution is 5.85. The second-order valence-electron chi connectivity index (χ2n) is 6.01. The van der Waals surface area contributed by atoms with Crippen LogP contribution in [0.4, 0.5) is 0 Å². The molecule has 1 aromatic heterocycles. The van der Waals surface area contributed by atoms with Crippen molar-refractivity contribution in [1.82, 2.24) is 10.3 Å². The van der Waals surface area contributed by atoms with Gasteiger partial charge in [0.15, 0.2) is 0 Å². The van der Waals surface area contributed by atoms with E-state index in [1.165, 1.54) is 0 Å². The fourth-order valence-electron chi connectivity index (χ4n) is 2.37. The van der Waals surface area contributed by atoms with Crippen LogP contribution in [0.3, 0.4) is 0 Å². The molecule has 0 aliphatic heterocycles. The van der Waals surface area contributed by atoms with Crippen molar-refractivity contribution in [2.45, 2.75) is 52.0 Å².